The first-order chi connectivity index (χ1) is 19.2. The number of hydrogen-bond donors (Lipinski definition) is 4. The second kappa shape index (κ2) is 11.8. The minimum absolute atomic E-state index is 0.153. The highest BCUT2D eigenvalue weighted by Gasteiger charge is 2.47. The number of rotatable bonds is 6. The first kappa shape index (κ1) is 27.8. The van der Waals surface area contributed by atoms with E-state index in [0.717, 1.165) is 11.1 Å². The average molecular weight is 569 g/mol. The van der Waals surface area contributed by atoms with Crippen LogP contribution >= 0.6 is 11.6 Å². The summed E-state index contributed by atoms with van der Waals surface area (Å²) in [5.41, 5.74) is 1.21. The van der Waals surface area contributed by atoms with Gasteiger partial charge in [-0.25, -0.2) is 9.59 Å². The number of nitrogens with zero attached hydrogens (tertiary/aromatic N) is 1. The molecule has 2 aliphatic heterocycles. The Morgan fingerprint density at radius 3 is 2.60 bits per heavy atom. The second-order valence-electron chi connectivity index (χ2n) is 10.8. The number of halogens is 1. The van der Waals surface area contributed by atoms with Gasteiger partial charge in [0, 0.05) is 35.5 Å². The number of amides is 4. The summed E-state index contributed by atoms with van der Waals surface area (Å²) in [6, 6.07) is 13.7. The highest BCUT2D eigenvalue weighted by atomic mass is 35.5. The molecule has 4 amide bonds. The molecule has 1 spiro atoms. The first-order valence-electron chi connectivity index (χ1n) is 13.6. The molecule has 1 saturated heterocycles. The summed E-state index contributed by atoms with van der Waals surface area (Å²) in [6.45, 7) is 0.619. The van der Waals surface area contributed by atoms with Crippen LogP contribution in [0.2, 0.25) is 5.02 Å². The van der Waals surface area contributed by atoms with Crippen LogP contribution in [0.3, 0.4) is 0 Å². The van der Waals surface area contributed by atoms with Gasteiger partial charge in [-0.05, 0) is 62.3 Å². The average Bonchev–Trinajstić information content (AvgIpc) is 2.93. The number of hydrogen-bond acceptors (Lipinski definition) is 5. The van der Waals surface area contributed by atoms with Crippen molar-refractivity contribution in [1.29, 1.82) is 0 Å². The molecule has 2 fully saturated rings. The van der Waals surface area contributed by atoms with Crippen molar-refractivity contribution in [2.45, 2.75) is 62.6 Å². The predicted octanol–water partition coefficient (Wildman–Crippen LogP) is 4.27. The second-order valence-corrected chi connectivity index (χ2v) is 11.2. The van der Waals surface area contributed by atoms with Gasteiger partial charge in [0.1, 0.15) is 6.04 Å². The molecule has 10 nitrogen and oxygen atoms in total. The maximum atomic E-state index is 14.0. The SMILES string of the molecule is O=C(O)N[C@H]1CC[C@H](C(=O)N[C@@H](Cc2ccccc2)C(=O)N2CCC[C@@]3(C2)OC(=O)Nc2ccc(Cl)cc23)CC1. The summed E-state index contributed by atoms with van der Waals surface area (Å²) in [7, 11) is 0. The van der Waals surface area contributed by atoms with E-state index in [1.165, 1.54) is 0 Å². The zero-order valence-corrected chi connectivity index (χ0v) is 22.8. The molecule has 2 aromatic carbocycles. The van der Waals surface area contributed by atoms with Crippen molar-refractivity contribution in [3.05, 3.63) is 64.7 Å². The van der Waals surface area contributed by atoms with E-state index in [9.17, 15) is 19.2 Å². The summed E-state index contributed by atoms with van der Waals surface area (Å²) in [5, 5.41) is 17.7. The van der Waals surface area contributed by atoms with Crippen LogP contribution in [0, 0.1) is 5.92 Å². The number of nitrogens with one attached hydrogen (secondary N) is 3. The molecule has 1 saturated carbocycles. The number of ether oxygens (including phenoxy) is 1. The van der Waals surface area contributed by atoms with Crippen molar-refractivity contribution in [3.63, 3.8) is 0 Å². The van der Waals surface area contributed by atoms with E-state index in [1.807, 2.05) is 30.3 Å². The van der Waals surface area contributed by atoms with Crippen LogP contribution in [-0.4, -0.2) is 59.2 Å². The normalized spacial score (nSPS) is 24.7. The summed E-state index contributed by atoms with van der Waals surface area (Å²) >= 11 is 6.29. The van der Waals surface area contributed by atoms with Crippen LogP contribution in [0.25, 0.3) is 0 Å². The summed E-state index contributed by atoms with van der Waals surface area (Å²) in [4.78, 5) is 52.5. The van der Waals surface area contributed by atoms with Gasteiger partial charge < -0.3 is 25.4 Å². The summed E-state index contributed by atoms with van der Waals surface area (Å²) in [6.07, 6.45) is 2.03. The molecule has 3 aliphatic rings. The van der Waals surface area contributed by atoms with Crippen LogP contribution in [0.15, 0.2) is 48.5 Å². The highest BCUT2D eigenvalue weighted by molar-refractivity contribution is 6.30. The number of benzene rings is 2. The van der Waals surface area contributed by atoms with Gasteiger partial charge in [0.2, 0.25) is 11.8 Å². The minimum Gasteiger partial charge on any atom is -0.465 e. The Labute approximate surface area is 237 Å². The summed E-state index contributed by atoms with van der Waals surface area (Å²) in [5.74, 6) is -0.749. The molecule has 5 rings (SSSR count). The van der Waals surface area contributed by atoms with Crippen molar-refractivity contribution < 1.29 is 29.0 Å². The number of carbonyl (C=O) groups is 4. The van der Waals surface area contributed by atoms with Crippen molar-refractivity contribution in [3.8, 4) is 0 Å². The number of carbonyl (C=O) groups excluding carboxylic acids is 3. The molecule has 0 bridgehead atoms. The first-order valence-corrected chi connectivity index (χ1v) is 14.0. The van der Waals surface area contributed by atoms with Crippen LogP contribution in [0.5, 0.6) is 0 Å². The van der Waals surface area contributed by atoms with Crippen molar-refractivity contribution >= 4 is 41.3 Å². The van der Waals surface area contributed by atoms with Crippen molar-refractivity contribution in [2.24, 2.45) is 5.92 Å². The minimum atomic E-state index is -1.06. The zero-order chi connectivity index (χ0) is 28.3. The molecule has 11 heteroatoms. The van der Waals surface area contributed by atoms with Gasteiger partial charge in [0.25, 0.3) is 0 Å². The fourth-order valence-corrected chi connectivity index (χ4v) is 6.29. The van der Waals surface area contributed by atoms with E-state index >= 15 is 0 Å². The quantitative estimate of drug-likeness (QED) is 0.411. The lowest BCUT2D eigenvalue weighted by Gasteiger charge is -2.45. The number of anilines is 1. The van der Waals surface area contributed by atoms with Crippen LogP contribution in [-0.2, 0) is 26.3 Å². The molecule has 212 valence electrons. The third-order valence-electron chi connectivity index (χ3n) is 8.09. The topological polar surface area (TPSA) is 137 Å². The number of piperidine rings is 1. The van der Waals surface area contributed by atoms with E-state index in [1.54, 1.807) is 23.1 Å². The largest absolute Gasteiger partial charge is 0.465 e. The lowest BCUT2D eigenvalue weighted by atomic mass is 9.83. The lowest BCUT2D eigenvalue weighted by Crippen LogP contribution is -2.58. The van der Waals surface area contributed by atoms with Gasteiger partial charge in [-0.1, -0.05) is 41.9 Å². The number of fused-ring (bicyclic) bond motifs is 2. The smallest absolute Gasteiger partial charge is 0.412 e. The van der Waals surface area contributed by atoms with E-state index in [4.69, 9.17) is 21.4 Å². The maximum absolute atomic E-state index is 14.0. The Morgan fingerprint density at radius 1 is 1.12 bits per heavy atom. The van der Waals surface area contributed by atoms with Crippen molar-refractivity contribution in [2.75, 3.05) is 18.4 Å². The molecule has 0 radical (unpaired) electrons. The number of carboxylic acid groups (broad SMARTS) is 1. The van der Waals surface area contributed by atoms with E-state index < -0.39 is 23.8 Å². The Kier molecular flexibility index (Phi) is 8.16. The fraction of sp³-hybridized carbons (Fsp3) is 0.448. The fourth-order valence-electron chi connectivity index (χ4n) is 6.12. The molecule has 2 heterocycles. The van der Waals surface area contributed by atoms with Gasteiger partial charge >= 0.3 is 12.2 Å². The van der Waals surface area contributed by atoms with Gasteiger partial charge in [0.15, 0.2) is 5.60 Å². The van der Waals surface area contributed by atoms with Gasteiger partial charge in [0.05, 0.1) is 12.2 Å². The van der Waals surface area contributed by atoms with Gasteiger partial charge in [-0.2, -0.15) is 0 Å². The van der Waals surface area contributed by atoms with Crippen LogP contribution < -0.4 is 16.0 Å². The van der Waals surface area contributed by atoms with Crippen LogP contribution in [0.1, 0.15) is 49.7 Å². The van der Waals surface area contributed by atoms with Crippen LogP contribution in [0.4, 0.5) is 15.3 Å². The molecule has 2 atom stereocenters. The Bertz CT molecular complexity index is 1280. The molecule has 2 aromatic rings. The van der Waals surface area contributed by atoms with Gasteiger partial charge in [-0.3, -0.25) is 14.9 Å². The molecular formula is C29H33ClN4O6. The maximum Gasteiger partial charge on any atom is 0.412 e. The standard InChI is InChI=1S/C29H33ClN4O6/c30-20-9-12-23-22(16-20)29(40-28(39)33-23)13-4-14-34(17-29)26(36)24(15-18-5-2-1-3-6-18)32-25(35)19-7-10-21(11-8-19)31-27(37)38/h1-3,5-6,9,12,16,19,21,24,31H,4,7-8,10-11,13-15,17H2,(H,32,35)(H,33,39)(H,37,38)/t19-,21-,24-,29-/m0/s1. The third-order valence-corrected chi connectivity index (χ3v) is 8.32. The molecule has 0 aromatic heterocycles. The molecular weight excluding hydrogens is 536 g/mol. The highest BCUT2D eigenvalue weighted by Crippen LogP contribution is 2.43. The molecule has 0 unspecified atom stereocenters. The van der Waals surface area contributed by atoms with E-state index in [-0.39, 0.29) is 30.3 Å². The van der Waals surface area contributed by atoms with E-state index in [2.05, 4.69) is 16.0 Å². The molecule has 1 aliphatic carbocycles. The monoisotopic (exact) mass is 568 g/mol. The van der Waals surface area contributed by atoms with E-state index in [0.29, 0.717) is 62.2 Å². The zero-order valence-electron chi connectivity index (χ0n) is 22.0. The Hall–Kier alpha value is -3.79. The Balaban J connectivity index is 1.34. The molecule has 4 N–H and O–H groups in total. The molecule has 40 heavy (non-hydrogen) atoms. The summed E-state index contributed by atoms with van der Waals surface area (Å²) < 4.78 is 5.85. The van der Waals surface area contributed by atoms with Crippen molar-refractivity contribution in [1.82, 2.24) is 15.5 Å². The number of likely N-dealkylation sites (tertiary alicyclic amines) is 1. The Morgan fingerprint density at radius 2 is 1.88 bits per heavy atom. The predicted molar refractivity (Wildman–Crippen MR) is 148 cm³/mol. The third kappa shape index (κ3) is 6.17. The lowest BCUT2D eigenvalue weighted by molar-refractivity contribution is -0.143. The van der Waals surface area contributed by atoms with Gasteiger partial charge in [-0.15, -0.1) is 0 Å².